The van der Waals surface area contributed by atoms with Crippen LogP contribution in [0.4, 0.5) is 0 Å². The zero-order valence-electron chi connectivity index (χ0n) is 10.5. The smallest absolute Gasteiger partial charge is 0.271 e. The number of carbonyl (C=O) groups is 1. The second-order valence-corrected chi connectivity index (χ2v) is 4.24. The number of carbonyl (C=O) groups excluding carboxylic acids is 1. The van der Waals surface area contributed by atoms with Crippen molar-refractivity contribution < 1.29 is 4.79 Å². The predicted octanol–water partition coefficient (Wildman–Crippen LogP) is 0.526. The van der Waals surface area contributed by atoms with Crippen LogP contribution in [0.1, 0.15) is 23.0 Å². The summed E-state index contributed by atoms with van der Waals surface area (Å²) in [5, 5.41) is 2.81. The molecule has 0 spiro atoms. The fourth-order valence-electron chi connectivity index (χ4n) is 1.69. The molecule has 0 saturated heterocycles. The molecular formula is C13H14N4O2. The van der Waals surface area contributed by atoms with Gasteiger partial charge in [0.25, 0.3) is 11.5 Å². The van der Waals surface area contributed by atoms with Gasteiger partial charge in [-0.3, -0.25) is 14.6 Å². The Morgan fingerprint density at radius 1 is 1.47 bits per heavy atom. The molecule has 2 heterocycles. The van der Waals surface area contributed by atoms with Gasteiger partial charge in [0.15, 0.2) is 0 Å². The van der Waals surface area contributed by atoms with Crippen LogP contribution < -0.4 is 10.9 Å². The van der Waals surface area contributed by atoms with Gasteiger partial charge in [-0.25, -0.2) is 4.98 Å². The van der Waals surface area contributed by atoms with Gasteiger partial charge in [-0.1, -0.05) is 6.07 Å². The molecule has 2 rings (SSSR count). The van der Waals surface area contributed by atoms with E-state index in [-0.39, 0.29) is 23.2 Å². The maximum absolute atomic E-state index is 11.8. The van der Waals surface area contributed by atoms with Crippen LogP contribution in [-0.2, 0) is 6.42 Å². The number of hydrogen-bond donors (Lipinski definition) is 2. The van der Waals surface area contributed by atoms with Crippen LogP contribution in [0.5, 0.6) is 0 Å². The fraction of sp³-hybridized carbons (Fsp3) is 0.231. The van der Waals surface area contributed by atoms with Crippen molar-refractivity contribution in [2.45, 2.75) is 19.4 Å². The van der Waals surface area contributed by atoms with Crippen molar-refractivity contribution in [3.63, 3.8) is 0 Å². The second kappa shape index (κ2) is 5.90. The van der Waals surface area contributed by atoms with Crippen LogP contribution >= 0.6 is 0 Å². The molecule has 6 nitrogen and oxygen atoms in total. The summed E-state index contributed by atoms with van der Waals surface area (Å²) in [5.41, 5.74) is 0.905. The van der Waals surface area contributed by atoms with E-state index >= 15 is 0 Å². The minimum absolute atomic E-state index is 0.0505. The Morgan fingerprint density at radius 3 is 2.95 bits per heavy atom. The quantitative estimate of drug-likeness (QED) is 0.837. The first kappa shape index (κ1) is 12.9. The molecule has 0 aromatic carbocycles. The maximum atomic E-state index is 11.8. The highest BCUT2D eigenvalue weighted by Gasteiger charge is 2.11. The highest BCUT2D eigenvalue weighted by Crippen LogP contribution is 2.01. The van der Waals surface area contributed by atoms with E-state index in [9.17, 15) is 9.59 Å². The standard InChI is InChI=1S/C13H14N4O2/c1-9(5-10-3-2-4-14-6-10)17-13(19)11-7-16-12(18)8-15-11/h2-4,6-9H,5H2,1H3,(H,16,18)(H,17,19). The summed E-state index contributed by atoms with van der Waals surface area (Å²) in [7, 11) is 0. The third-order valence-corrected chi connectivity index (χ3v) is 2.55. The molecule has 2 N–H and O–H groups in total. The lowest BCUT2D eigenvalue weighted by Gasteiger charge is -2.13. The molecule has 0 aliphatic carbocycles. The molecule has 6 heteroatoms. The Morgan fingerprint density at radius 2 is 2.32 bits per heavy atom. The van der Waals surface area contributed by atoms with E-state index in [4.69, 9.17) is 0 Å². The molecule has 1 unspecified atom stereocenters. The first-order valence-corrected chi connectivity index (χ1v) is 5.89. The molecular weight excluding hydrogens is 244 g/mol. The SMILES string of the molecule is CC(Cc1cccnc1)NC(=O)c1c[nH]c(=O)cn1. The van der Waals surface area contributed by atoms with Gasteiger partial charge in [0.1, 0.15) is 5.69 Å². The molecule has 98 valence electrons. The second-order valence-electron chi connectivity index (χ2n) is 4.24. The Kier molecular flexibility index (Phi) is 4.02. The van der Waals surface area contributed by atoms with Crippen LogP contribution in [0.15, 0.2) is 41.7 Å². The lowest BCUT2D eigenvalue weighted by Crippen LogP contribution is -2.35. The lowest BCUT2D eigenvalue weighted by molar-refractivity contribution is 0.0934. The highest BCUT2D eigenvalue weighted by atomic mass is 16.2. The van der Waals surface area contributed by atoms with Gasteiger partial charge in [0, 0.05) is 24.6 Å². The summed E-state index contributed by atoms with van der Waals surface area (Å²) in [6, 6.07) is 3.76. The summed E-state index contributed by atoms with van der Waals surface area (Å²) in [6.07, 6.45) is 6.54. The number of nitrogens with zero attached hydrogens (tertiary/aromatic N) is 2. The minimum Gasteiger partial charge on any atom is -0.348 e. The predicted molar refractivity (Wildman–Crippen MR) is 69.7 cm³/mol. The largest absolute Gasteiger partial charge is 0.348 e. The normalized spacial score (nSPS) is 11.8. The first-order valence-electron chi connectivity index (χ1n) is 5.89. The van der Waals surface area contributed by atoms with Crippen molar-refractivity contribution in [1.82, 2.24) is 20.3 Å². The Bertz CT molecular complexity index is 589. The van der Waals surface area contributed by atoms with Crippen LogP contribution in [0, 0.1) is 0 Å². The minimum atomic E-state index is -0.333. The van der Waals surface area contributed by atoms with Crippen molar-refractivity contribution >= 4 is 5.91 Å². The number of nitrogens with one attached hydrogen (secondary N) is 2. The topological polar surface area (TPSA) is 87.7 Å². The molecule has 1 atom stereocenters. The van der Waals surface area contributed by atoms with E-state index in [1.54, 1.807) is 12.4 Å². The van der Waals surface area contributed by atoms with Crippen LogP contribution in [0.3, 0.4) is 0 Å². The van der Waals surface area contributed by atoms with Gasteiger partial charge in [0.05, 0.1) is 6.20 Å². The zero-order valence-corrected chi connectivity index (χ0v) is 10.5. The van der Waals surface area contributed by atoms with E-state index in [2.05, 4.69) is 20.3 Å². The van der Waals surface area contributed by atoms with Gasteiger partial charge in [-0.05, 0) is 25.0 Å². The molecule has 2 aromatic heterocycles. The summed E-state index contributed by atoms with van der Waals surface area (Å²) in [5.74, 6) is -0.312. The summed E-state index contributed by atoms with van der Waals surface area (Å²) in [6.45, 7) is 1.90. The highest BCUT2D eigenvalue weighted by molar-refractivity contribution is 5.92. The van der Waals surface area contributed by atoms with Crippen LogP contribution in [0.25, 0.3) is 0 Å². The van der Waals surface area contributed by atoms with Gasteiger partial charge < -0.3 is 10.3 Å². The Balaban J connectivity index is 1.95. The van der Waals surface area contributed by atoms with Gasteiger partial charge in [0.2, 0.25) is 0 Å². The van der Waals surface area contributed by atoms with Crippen molar-refractivity contribution in [3.05, 3.63) is 58.5 Å². The number of rotatable bonds is 4. The average Bonchev–Trinajstić information content (AvgIpc) is 2.40. The zero-order chi connectivity index (χ0) is 13.7. The summed E-state index contributed by atoms with van der Waals surface area (Å²) < 4.78 is 0. The van der Waals surface area contributed by atoms with Gasteiger partial charge in [-0.15, -0.1) is 0 Å². The number of pyridine rings is 1. The number of aromatic nitrogens is 3. The van der Waals surface area contributed by atoms with Crippen molar-refractivity contribution in [1.29, 1.82) is 0 Å². The Labute approximate surface area is 109 Å². The van der Waals surface area contributed by atoms with Crippen molar-refractivity contribution in [2.75, 3.05) is 0 Å². The maximum Gasteiger partial charge on any atom is 0.271 e. The molecule has 0 saturated carbocycles. The van der Waals surface area contributed by atoms with E-state index in [1.165, 1.54) is 6.20 Å². The van der Waals surface area contributed by atoms with E-state index in [0.717, 1.165) is 11.8 Å². The number of hydrogen-bond acceptors (Lipinski definition) is 4. The monoisotopic (exact) mass is 258 g/mol. The Hall–Kier alpha value is -2.50. The first-order chi connectivity index (χ1) is 9.15. The van der Waals surface area contributed by atoms with Crippen LogP contribution in [-0.4, -0.2) is 26.9 Å². The van der Waals surface area contributed by atoms with E-state index in [1.807, 2.05) is 19.1 Å². The molecule has 0 bridgehead atoms. The van der Waals surface area contributed by atoms with Crippen molar-refractivity contribution in [2.24, 2.45) is 0 Å². The molecule has 0 fully saturated rings. The average molecular weight is 258 g/mol. The molecule has 0 aliphatic heterocycles. The number of H-pyrrole nitrogens is 1. The van der Waals surface area contributed by atoms with E-state index in [0.29, 0.717) is 6.42 Å². The molecule has 2 aromatic rings. The molecule has 0 radical (unpaired) electrons. The molecule has 0 aliphatic rings. The third-order valence-electron chi connectivity index (χ3n) is 2.55. The summed E-state index contributed by atoms with van der Waals surface area (Å²) in [4.78, 5) is 32.9. The lowest BCUT2D eigenvalue weighted by atomic mass is 10.1. The van der Waals surface area contributed by atoms with Gasteiger partial charge >= 0.3 is 0 Å². The third kappa shape index (κ3) is 3.74. The van der Waals surface area contributed by atoms with Crippen LogP contribution in [0.2, 0.25) is 0 Å². The number of aromatic amines is 1. The fourth-order valence-corrected chi connectivity index (χ4v) is 1.69. The van der Waals surface area contributed by atoms with Crippen molar-refractivity contribution in [3.8, 4) is 0 Å². The molecule has 19 heavy (non-hydrogen) atoms. The van der Waals surface area contributed by atoms with E-state index < -0.39 is 0 Å². The summed E-state index contributed by atoms with van der Waals surface area (Å²) >= 11 is 0. The number of amides is 1. The molecule has 1 amide bonds. The van der Waals surface area contributed by atoms with Gasteiger partial charge in [-0.2, -0.15) is 0 Å².